The molecule has 3 heterocycles. The van der Waals surface area contributed by atoms with E-state index >= 15 is 0 Å². The molecule has 4 rings (SSSR count). The van der Waals surface area contributed by atoms with Gasteiger partial charge in [0.2, 0.25) is 5.91 Å². The van der Waals surface area contributed by atoms with Crippen LogP contribution in [0.2, 0.25) is 0 Å². The Morgan fingerprint density at radius 1 is 1.24 bits per heavy atom. The Kier molecular flexibility index (Phi) is 3.82. The number of anilines is 4. The molecule has 6 heteroatoms. The highest BCUT2D eigenvalue weighted by Gasteiger charge is 2.33. The fourth-order valence-electron chi connectivity index (χ4n) is 3.61. The van der Waals surface area contributed by atoms with Crippen LogP contribution in [-0.4, -0.2) is 28.5 Å². The SMILES string of the molecule is Cc1nc2c(c(N3CCCc4ccccc43)n1)NC(=O)C(C(C)C)N2. The monoisotopic (exact) mass is 337 g/mol. The number of carbonyl (C=O) groups is 1. The number of hydrogen-bond acceptors (Lipinski definition) is 5. The second-order valence-corrected chi connectivity index (χ2v) is 7.06. The zero-order chi connectivity index (χ0) is 17.6. The number of carbonyl (C=O) groups excluding carboxylic acids is 1. The molecule has 0 saturated carbocycles. The Bertz CT molecular complexity index is 833. The van der Waals surface area contributed by atoms with Gasteiger partial charge >= 0.3 is 0 Å². The molecule has 0 aliphatic carbocycles. The van der Waals surface area contributed by atoms with Crippen molar-refractivity contribution >= 4 is 28.9 Å². The summed E-state index contributed by atoms with van der Waals surface area (Å²) in [5, 5.41) is 6.35. The first-order valence-corrected chi connectivity index (χ1v) is 8.86. The summed E-state index contributed by atoms with van der Waals surface area (Å²) in [6.45, 7) is 6.82. The highest BCUT2D eigenvalue weighted by molar-refractivity contribution is 6.05. The molecule has 1 aromatic carbocycles. The van der Waals surface area contributed by atoms with Gasteiger partial charge in [-0.1, -0.05) is 32.0 Å². The Hall–Kier alpha value is -2.63. The van der Waals surface area contributed by atoms with Gasteiger partial charge in [-0.3, -0.25) is 4.79 Å². The van der Waals surface area contributed by atoms with Gasteiger partial charge < -0.3 is 15.5 Å². The number of aromatic nitrogens is 2. The lowest BCUT2D eigenvalue weighted by Crippen LogP contribution is -2.43. The van der Waals surface area contributed by atoms with Crippen LogP contribution in [0.5, 0.6) is 0 Å². The number of rotatable bonds is 2. The fraction of sp³-hybridized carbons (Fsp3) is 0.421. The number of aryl methyl sites for hydroxylation is 2. The van der Waals surface area contributed by atoms with Crippen molar-refractivity contribution in [3.8, 4) is 0 Å². The molecule has 2 aromatic rings. The molecule has 1 amide bonds. The van der Waals surface area contributed by atoms with Crippen LogP contribution in [0.3, 0.4) is 0 Å². The van der Waals surface area contributed by atoms with E-state index in [1.54, 1.807) is 0 Å². The Labute approximate surface area is 147 Å². The molecule has 0 spiro atoms. The van der Waals surface area contributed by atoms with Gasteiger partial charge in [-0.15, -0.1) is 0 Å². The van der Waals surface area contributed by atoms with Crippen LogP contribution in [0.25, 0.3) is 0 Å². The van der Waals surface area contributed by atoms with Crippen molar-refractivity contribution in [2.75, 3.05) is 22.1 Å². The zero-order valence-electron chi connectivity index (χ0n) is 14.8. The number of hydrogen-bond donors (Lipinski definition) is 2. The van der Waals surface area contributed by atoms with E-state index < -0.39 is 0 Å². The molecule has 2 aliphatic heterocycles. The average molecular weight is 337 g/mol. The van der Waals surface area contributed by atoms with Crippen molar-refractivity contribution < 1.29 is 4.79 Å². The molecular weight excluding hydrogens is 314 g/mol. The molecule has 1 unspecified atom stereocenters. The first-order valence-electron chi connectivity index (χ1n) is 8.86. The van der Waals surface area contributed by atoms with Crippen molar-refractivity contribution in [2.24, 2.45) is 5.92 Å². The van der Waals surface area contributed by atoms with Crippen LogP contribution < -0.4 is 15.5 Å². The van der Waals surface area contributed by atoms with E-state index in [1.807, 2.05) is 26.8 Å². The van der Waals surface area contributed by atoms with Crippen LogP contribution in [0.1, 0.15) is 31.7 Å². The molecular formula is C19H23N5O. The van der Waals surface area contributed by atoms with Gasteiger partial charge in [0.25, 0.3) is 0 Å². The van der Waals surface area contributed by atoms with E-state index in [0.717, 1.165) is 30.9 Å². The van der Waals surface area contributed by atoms with Crippen LogP contribution in [0.15, 0.2) is 24.3 Å². The molecule has 1 atom stereocenters. The first kappa shape index (κ1) is 15.9. The van der Waals surface area contributed by atoms with Crippen LogP contribution in [0, 0.1) is 12.8 Å². The first-order chi connectivity index (χ1) is 12.0. The Morgan fingerprint density at radius 3 is 2.84 bits per heavy atom. The Morgan fingerprint density at radius 2 is 2.04 bits per heavy atom. The normalized spacial score (nSPS) is 19.1. The van der Waals surface area contributed by atoms with Gasteiger partial charge in [-0.05, 0) is 37.3 Å². The van der Waals surface area contributed by atoms with Crippen LogP contribution in [0.4, 0.5) is 23.0 Å². The molecule has 1 aromatic heterocycles. The van der Waals surface area contributed by atoms with Crippen LogP contribution >= 0.6 is 0 Å². The van der Waals surface area contributed by atoms with Gasteiger partial charge in [0.1, 0.15) is 17.6 Å². The van der Waals surface area contributed by atoms with Crippen molar-refractivity contribution in [3.63, 3.8) is 0 Å². The lowest BCUT2D eigenvalue weighted by Gasteiger charge is -2.35. The zero-order valence-corrected chi connectivity index (χ0v) is 14.8. The molecule has 0 fully saturated rings. The summed E-state index contributed by atoms with van der Waals surface area (Å²) in [7, 11) is 0. The molecule has 0 radical (unpaired) electrons. The summed E-state index contributed by atoms with van der Waals surface area (Å²) in [4.78, 5) is 23.9. The second kappa shape index (κ2) is 6.02. The van der Waals surface area contributed by atoms with Crippen molar-refractivity contribution in [2.45, 2.75) is 39.7 Å². The van der Waals surface area contributed by atoms with E-state index in [9.17, 15) is 4.79 Å². The van der Waals surface area contributed by atoms with Gasteiger partial charge in [0.15, 0.2) is 11.6 Å². The third-order valence-corrected chi connectivity index (χ3v) is 4.86. The third-order valence-electron chi connectivity index (χ3n) is 4.86. The van der Waals surface area contributed by atoms with E-state index in [2.05, 4.69) is 43.7 Å². The molecule has 6 nitrogen and oxygen atoms in total. The maximum atomic E-state index is 12.5. The standard InChI is InChI=1S/C19H23N5O/c1-11(2)15-19(25)23-16-17(22-15)20-12(3)21-18(16)24-10-6-8-13-7-4-5-9-14(13)24/h4-5,7,9,11,15H,6,8,10H2,1-3H3,(H,23,25)(H,20,21,22). The van der Waals surface area contributed by atoms with Gasteiger partial charge in [0.05, 0.1) is 0 Å². The largest absolute Gasteiger partial charge is 0.356 e. The minimum atomic E-state index is -0.275. The summed E-state index contributed by atoms with van der Waals surface area (Å²) in [6, 6.07) is 8.12. The topological polar surface area (TPSA) is 70.2 Å². The molecule has 2 aliphatic rings. The summed E-state index contributed by atoms with van der Waals surface area (Å²) in [5.41, 5.74) is 3.16. The quantitative estimate of drug-likeness (QED) is 0.880. The average Bonchev–Trinajstić information content (AvgIpc) is 2.60. The second-order valence-electron chi connectivity index (χ2n) is 7.06. The van der Waals surface area contributed by atoms with Gasteiger partial charge in [-0.25, -0.2) is 9.97 Å². The smallest absolute Gasteiger partial charge is 0.247 e. The predicted molar refractivity (Wildman–Crippen MR) is 99.4 cm³/mol. The lowest BCUT2D eigenvalue weighted by atomic mass is 10.0. The van der Waals surface area contributed by atoms with Crippen LogP contribution in [-0.2, 0) is 11.2 Å². The van der Waals surface area contributed by atoms with E-state index in [1.165, 1.54) is 5.56 Å². The number of benzene rings is 1. The molecule has 2 N–H and O–H groups in total. The van der Waals surface area contributed by atoms with Crippen molar-refractivity contribution in [1.82, 2.24) is 9.97 Å². The maximum absolute atomic E-state index is 12.5. The van der Waals surface area contributed by atoms with Crippen molar-refractivity contribution in [3.05, 3.63) is 35.7 Å². The van der Waals surface area contributed by atoms with E-state index in [0.29, 0.717) is 17.3 Å². The minimum Gasteiger partial charge on any atom is -0.356 e. The number of fused-ring (bicyclic) bond motifs is 2. The summed E-state index contributed by atoms with van der Waals surface area (Å²) < 4.78 is 0. The lowest BCUT2D eigenvalue weighted by molar-refractivity contribution is -0.117. The van der Waals surface area contributed by atoms with E-state index in [4.69, 9.17) is 0 Å². The molecule has 0 saturated heterocycles. The summed E-state index contributed by atoms with van der Waals surface area (Å²) >= 11 is 0. The maximum Gasteiger partial charge on any atom is 0.247 e. The summed E-state index contributed by atoms with van der Waals surface area (Å²) in [5.74, 6) is 2.34. The third kappa shape index (κ3) is 2.71. The number of amides is 1. The number of nitrogens with zero attached hydrogens (tertiary/aromatic N) is 3. The highest BCUT2D eigenvalue weighted by Crippen LogP contribution is 2.40. The number of nitrogens with one attached hydrogen (secondary N) is 2. The predicted octanol–water partition coefficient (Wildman–Crippen LogP) is 3.26. The number of para-hydroxylation sites is 1. The highest BCUT2D eigenvalue weighted by atomic mass is 16.2. The summed E-state index contributed by atoms with van der Waals surface area (Å²) in [6.07, 6.45) is 2.13. The van der Waals surface area contributed by atoms with Crippen molar-refractivity contribution in [1.29, 1.82) is 0 Å². The molecule has 0 bridgehead atoms. The van der Waals surface area contributed by atoms with E-state index in [-0.39, 0.29) is 17.9 Å². The molecule has 130 valence electrons. The minimum absolute atomic E-state index is 0.0264. The molecule has 25 heavy (non-hydrogen) atoms. The van der Waals surface area contributed by atoms with Gasteiger partial charge in [0, 0.05) is 12.2 Å². The van der Waals surface area contributed by atoms with Gasteiger partial charge in [-0.2, -0.15) is 0 Å². The fourth-order valence-corrected chi connectivity index (χ4v) is 3.61. The Balaban J connectivity index is 1.82.